The van der Waals surface area contributed by atoms with Gasteiger partial charge in [-0.25, -0.2) is 4.98 Å². The minimum Gasteiger partial charge on any atom is -0.452 e. The maximum absolute atomic E-state index is 12.5. The van der Waals surface area contributed by atoms with Gasteiger partial charge in [0, 0.05) is 18.3 Å². The van der Waals surface area contributed by atoms with E-state index >= 15 is 0 Å². The van der Waals surface area contributed by atoms with Crippen molar-refractivity contribution in [3.05, 3.63) is 58.9 Å². The zero-order valence-electron chi connectivity index (χ0n) is 15.6. The van der Waals surface area contributed by atoms with Crippen LogP contribution in [0.3, 0.4) is 0 Å². The van der Waals surface area contributed by atoms with Crippen LogP contribution in [0.5, 0.6) is 0 Å². The smallest absolute Gasteiger partial charge is 0.308 e. The maximum Gasteiger partial charge on any atom is 0.308 e. The van der Waals surface area contributed by atoms with Crippen LogP contribution in [0.1, 0.15) is 29.3 Å². The number of hydrogen-bond donors (Lipinski definition) is 1. The molecule has 1 aromatic heterocycles. The Morgan fingerprint density at radius 3 is 2.76 bits per heavy atom. The van der Waals surface area contributed by atoms with Crippen molar-refractivity contribution in [3.63, 3.8) is 0 Å². The van der Waals surface area contributed by atoms with E-state index in [0.717, 1.165) is 4.90 Å². The lowest BCUT2D eigenvalue weighted by atomic mass is 9.98. The molecule has 1 aliphatic heterocycles. The van der Waals surface area contributed by atoms with Gasteiger partial charge in [-0.15, -0.1) is 0 Å². The molecule has 29 heavy (non-hydrogen) atoms. The molecule has 9 heteroatoms. The number of rotatable bonds is 6. The molecule has 2 heterocycles. The average Bonchev–Trinajstić information content (AvgIpc) is 2.69. The molecule has 0 fully saturated rings. The number of carbonyl (C=O) groups is 4. The number of benzene rings is 1. The fourth-order valence-electron chi connectivity index (χ4n) is 2.85. The minimum absolute atomic E-state index is 0.0988. The van der Waals surface area contributed by atoms with E-state index in [0.29, 0.717) is 16.8 Å². The molecule has 1 aromatic carbocycles. The van der Waals surface area contributed by atoms with E-state index in [1.54, 1.807) is 36.4 Å². The van der Waals surface area contributed by atoms with Crippen molar-refractivity contribution in [1.29, 1.82) is 0 Å². The number of pyridine rings is 1. The zero-order chi connectivity index (χ0) is 21.0. The topological polar surface area (TPSA) is 106 Å². The number of imide groups is 1. The summed E-state index contributed by atoms with van der Waals surface area (Å²) in [5, 5.41) is 2.63. The number of nitrogens with zero attached hydrogens (tertiary/aromatic N) is 2. The molecule has 2 aromatic rings. The van der Waals surface area contributed by atoms with E-state index in [9.17, 15) is 19.2 Å². The van der Waals surface area contributed by atoms with Crippen LogP contribution in [0.2, 0.25) is 5.15 Å². The summed E-state index contributed by atoms with van der Waals surface area (Å²) >= 11 is 5.87. The van der Waals surface area contributed by atoms with Crippen molar-refractivity contribution in [3.8, 4) is 0 Å². The summed E-state index contributed by atoms with van der Waals surface area (Å²) in [5.74, 6) is -2.10. The van der Waals surface area contributed by atoms with Crippen LogP contribution >= 0.6 is 11.6 Å². The Morgan fingerprint density at radius 1 is 1.24 bits per heavy atom. The second-order valence-electron chi connectivity index (χ2n) is 6.40. The normalized spacial score (nSPS) is 14.2. The van der Waals surface area contributed by atoms with Gasteiger partial charge in [0.05, 0.1) is 18.5 Å². The number of ether oxygens (including phenoxy) is 1. The van der Waals surface area contributed by atoms with Crippen molar-refractivity contribution in [2.45, 2.75) is 25.9 Å². The highest BCUT2D eigenvalue weighted by atomic mass is 35.5. The Hall–Kier alpha value is -3.26. The number of anilines is 1. The van der Waals surface area contributed by atoms with E-state index < -0.39 is 23.9 Å². The van der Waals surface area contributed by atoms with Gasteiger partial charge in [0.25, 0.3) is 11.8 Å². The minimum atomic E-state index is -1.09. The summed E-state index contributed by atoms with van der Waals surface area (Å²) in [6.07, 6.45) is 0.266. The number of amides is 3. The van der Waals surface area contributed by atoms with Crippen molar-refractivity contribution < 1.29 is 23.9 Å². The Morgan fingerprint density at radius 2 is 2.00 bits per heavy atom. The van der Waals surface area contributed by atoms with Gasteiger partial charge in [0.2, 0.25) is 5.91 Å². The Bertz CT molecular complexity index is 978. The van der Waals surface area contributed by atoms with E-state index in [1.807, 2.05) is 0 Å². The summed E-state index contributed by atoms with van der Waals surface area (Å²) in [5.41, 5.74) is 1.41. The highest BCUT2D eigenvalue weighted by Gasteiger charge is 2.31. The first kappa shape index (κ1) is 20.5. The summed E-state index contributed by atoms with van der Waals surface area (Å²) in [6, 6.07) is 10.0. The van der Waals surface area contributed by atoms with Crippen LogP contribution in [0, 0.1) is 0 Å². The second kappa shape index (κ2) is 8.83. The van der Waals surface area contributed by atoms with Gasteiger partial charge in [0.1, 0.15) is 0 Å². The van der Waals surface area contributed by atoms with Crippen LogP contribution in [0.4, 0.5) is 5.69 Å². The zero-order valence-corrected chi connectivity index (χ0v) is 16.3. The molecule has 0 aliphatic carbocycles. The molecule has 0 saturated heterocycles. The molecule has 3 amide bonds. The first-order chi connectivity index (χ1) is 13.9. The molecule has 150 valence electrons. The first-order valence-corrected chi connectivity index (χ1v) is 9.28. The van der Waals surface area contributed by atoms with Crippen LogP contribution in [-0.4, -0.2) is 46.2 Å². The van der Waals surface area contributed by atoms with Gasteiger partial charge >= 0.3 is 5.97 Å². The van der Waals surface area contributed by atoms with Gasteiger partial charge in [-0.2, -0.15) is 0 Å². The molecular weight excluding hydrogens is 398 g/mol. The van der Waals surface area contributed by atoms with E-state index in [-0.39, 0.29) is 30.4 Å². The molecular formula is C20H18ClN3O5. The fraction of sp³-hybridized carbons (Fsp3) is 0.250. The number of nitrogens with one attached hydrogen (secondary N) is 1. The quantitative estimate of drug-likeness (QED) is 0.440. The summed E-state index contributed by atoms with van der Waals surface area (Å²) < 4.78 is 5.09. The van der Waals surface area contributed by atoms with E-state index in [2.05, 4.69) is 10.3 Å². The summed E-state index contributed by atoms with van der Waals surface area (Å²) in [4.78, 5) is 53.8. The molecule has 0 spiro atoms. The van der Waals surface area contributed by atoms with Gasteiger partial charge in [-0.1, -0.05) is 29.8 Å². The van der Waals surface area contributed by atoms with Crippen molar-refractivity contribution in [2.24, 2.45) is 0 Å². The van der Waals surface area contributed by atoms with Crippen LogP contribution in [0.15, 0.2) is 42.6 Å². The molecule has 1 atom stereocenters. The van der Waals surface area contributed by atoms with Crippen molar-refractivity contribution in [2.75, 3.05) is 11.9 Å². The predicted octanol–water partition coefficient (Wildman–Crippen LogP) is 2.22. The third-order valence-corrected chi connectivity index (χ3v) is 4.67. The number of halogens is 1. The first-order valence-electron chi connectivity index (χ1n) is 8.90. The lowest BCUT2D eigenvalue weighted by Gasteiger charge is -2.26. The van der Waals surface area contributed by atoms with Crippen LogP contribution in [-0.2, 0) is 25.5 Å². The lowest BCUT2D eigenvalue weighted by molar-refractivity contribution is -0.153. The molecule has 1 N–H and O–H groups in total. The molecule has 0 bridgehead atoms. The van der Waals surface area contributed by atoms with Crippen molar-refractivity contribution in [1.82, 2.24) is 9.88 Å². The molecule has 8 nitrogen and oxygen atoms in total. The van der Waals surface area contributed by atoms with Crippen LogP contribution in [0.25, 0.3) is 0 Å². The molecule has 0 unspecified atom stereocenters. The largest absolute Gasteiger partial charge is 0.452 e. The highest BCUT2D eigenvalue weighted by Crippen LogP contribution is 2.20. The number of hydrogen-bond acceptors (Lipinski definition) is 6. The summed E-state index contributed by atoms with van der Waals surface area (Å²) in [6.45, 7) is 1.29. The van der Waals surface area contributed by atoms with Gasteiger partial charge in [0.15, 0.2) is 11.3 Å². The molecule has 0 saturated carbocycles. The van der Waals surface area contributed by atoms with E-state index in [1.165, 1.54) is 13.1 Å². The van der Waals surface area contributed by atoms with E-state index in [4.69, 9.17) is 16.3 Å². The highest BCUT2D eigenvalue weighted by molar-refractivity contribution is 6.32. The van der Waals surface area contributed by atoms with Gasteiger partial charge in [-0.3, -0.25) is 24.1 Å². The summed E-state index contributed by atoms with van der Waals surface area (Å²) in [7, 11) is 0. The number of fused-ring (bicyclic) bond motifs is 1. The third-order valence-electron chi connectivity index (χ3n) is 4.37. The Labute approximate surface area is 171 Å². The molecule has 3 rings (SSSR count). The molecule has 1 aliphatic rings. The number of aromatic nitrogens is 1. The van der Waals surface area contributed by atoms with Crippen molar-refractivity contribution >= 4 is 41.0 Å². The lowest BCUT2D eigenvalue weighted by Crippen LogP contribution is -2.43. The van der Waals surface area contributed by atoms with Gasteiger partial charge < -0.3 is 10.1 Å². The standard InChI is InChI=1S/C20H18ClN3O5/c1-12(19(27)23-15-7-4-9-22-18(15)21)29-17(26)8-10-24-16(25)11-13-5-2-3-6-14(13)20(24)28/h2-7,9,12H,8,10-11H2,1H3,(H,23,27)/t12-/m0/s1. The Balaban J connectivity index is 1.53. The molecule has 0 radical (unpaired) electrons. The SMILES string of the molecule is C[C@H](OC(=O)CCN1C(=O)Cc2ccccc2C1=O)C(=O)Nc1cccnc1Cl. The predicted molar refractivity (Wildman–Crippen MR) is 104 cm³/mol. The third kappa shape index (κ3) is 4.78. The Kier molecular flexibility index (Phi) is 6.23. The van der Waals surface area contributed by atoms with Gasteiger partial charge in [-0.05, 0) is 30.7 Å². The maximum atomic E-state index is 12.5. The average molecular weight is 416 g/mol. The number of esters is 1. The fourth-order valence-corrected chi connectivity index (χ4v) is 3.02. The second-order valence-corrected chi connectivity index (χ2v) is 6.76. The monoisotopic (exact) mass is 415 g/mol. The van der Waals surface area contributed by atoms with Crippen LogP contribution < -0.4 is 5.32 Å². The number of carbonyl (C=O) groups excluding carboxylic acids is 4.